The lowest BCUT2D eigenvalue weighted by Gasteiger charge is -2.44. The summed E-state index contributed by atoms with van der Waals surface area (Å²) < 4.78 is 26.5. The van der Waals surface area contributed by atoms with Gasteiger partial charge in [-0.2, -0.15) is 0 Å². The number of nitrogens with zero attached hydrogens (tertiary/aromatic N) is 2. The van der Waals surface area contributed by atoms with Gasteiger partial charge in [-0.15, -0.1) is 0 Å². The van der Waals surface area contributed by atoms with Gasteiger partial charge in [0, 0.05) is 38.3 Å². The SMILES string of the molecule is CCCCS(=O)(=O)NCC(C)(C)N1CCN(CC)CC1. The number of rotatable bonds is 8. The Morgan fingerprint density at radius 2 is 1.70 bits per heavy atom. The average molecular weight is 305 g/mol. The third-order valence-electron chi connectivity index (χ3n) is 4.17. The third kappa shape index (κ3) is 5.68. The first-order chi connectivity index (χ1) is 9.30. The summed E-state index contributed by atoms with van der Waals surface area (Å²) in [4.78, 5) is 4.82. The van der Waals surface area contributed by atoms with Crippen molar-refractivity contribution in [3.63, 3.8) is 0 Å². The molecule has 6 heteroatoms. The largest absolute Gasteiger partial charge is 0.301 e. The highest BCUT2D eigenvalue weighted by Gasteiger charge is 2.30. The molecule has 1 heterocycles. The molecule has 1 fully saturated rings. The molecule has 1 aliphatic heterocycles. The van der Waals surface area contributed by atoms with Crippen molar-refractivity contribution in [3.05, 3.63) is 0 Å². The van der Waals surface area contributed by atoms with Gasteiger partial charge in [-0.1, -0.05) is 20.3 Å². The number of hydrogen-bond acceptors (Lipinski definition) is 4. The highest BCUT2D eigenvalue weighted by molar-refractivity contribution is 7.89. The Labute approximate surface area is 124 Å². The molecule has 0 spiro atoms. The molecular weight excluding hydrogens is 274 g/mol. The van der Waals surface area contributed by atoms with Crippen LogP contribution in [-0.2, 0) is 10.0 Å². The highest BCUT2D eigenvalue weighted by Crippen LogP contribution is 2.16. The van der Waals surface area contributed by atoms with Crippen LogP contribution in [0.3, 0.4) is 0 Å². The number of nitrogens with one attached hydrogen (secondary N) is 1. The molecule has 0 atom stereocenters. The van der Waals surface area contributed by atoms with E-state index >= 15 is 0 Å². The predicted octanol–water partition coefficient (Wildman–Crippen LogP) is 1.12. The molecule has 0 aromatic carbocycles. The lowest BCUT2D eigenvalue weighted by atomic mass is 10.0. The molecule has 0 bridgehead atoms. The van der Waals surface area contributed by atoms with E-state index in [0.29, 0.717) is 6.54 Å². The van der Waals surface area contributed by atoms with Crippen LogP contribution in [0.25, 0.3) is 0 Å². The molecule has 0 saturated carbocycles. The summed E-state index contributed by atoms with van der Waals surface area (Å²) in [6, 6.07) is 0. The van der Waals surface area contributed by atoms with Gasteiger partial charge in [-0.05, 0) is 26.8 Å². The zero-order valence-corrected chi connectivity index (χ0v) is 14.3. The summed E-state index contributed by atoms with van der Waals surface area (Å²) in [5, 5.41) is 0. The van der Waals surface area contributed by atoms with Crippen molar-refractivity contribution in [3.8, 4) is 0 Å². The minimum absolute atomic E-state index is 0.126. The fourth-order valence-corrected chi connectivity index (χ4v) is 3.86. The van der Waals surface area contributed by atoms with Crippen molar-refractivity contribution in [1.29, 1.82) is 0 Å². The topological polar surface area (TPSA) is 52.7 Å². The molecule has 1 saturated heterocycles. The molecule has 5 nitrogen and oxygen atoms in total. The maximum atomic E-state index is 11.9. The zero-order chi connectivity index (χ0) is 15.2. The zero-order valence-electron chi connectivity index (χ0n) is 13.5. The standard InChI is InChI=1S/C14H31N3O2S/c1-5-7-12-20(18,19)15-13-14(3,4)17-10-8-16(6-2)9-11-17/h15H,5-13H2,1-4H3. The molecule has 20 heavy (non-hydrogen) atoms. The Kier molecular flexibility index (Phi) is 6.91. The maximum absolute atomic E-state index is 11.9. The van der Waals surface area contributed by atoms with Crippen LogP contribution in [-0.4, -0.2) is 68.8 Å². The van der Waals surface area contributed by atoms with Crippen molar-refractivity contribution >= 4 is 10.0 Å². The van der Waals surface area contributed by atoms with Gasteiger partial charge in [-0.3, -0.25) is 4.90 Å². The molecule has 1 aliphatic rings. The van der Waals surface area contributed by atoms with Crippen LogP contribution >= 0.6 is 0 Å². The third-order valence-corrected chi connectivity index (χ3v) is 5.58. The fraction of sp³-hybridized carbons (Fsp3) is 1.00. The van der Waals surface area contributed by atoms with Gasteiger partial charge in [-0.25, -0.2) is 13.1 Å². The second-order valence-corrected chi connectivity index (χ2v) is 8.15. The summed E-state index contributed by atoms with van der Waals surface area (Å²) in [5.41, 5.74) is -0.126. The number of sulfonamides is 1. The Morgan fingerprint density at radius 3 is 2.20 bits per heavy atom. The molecule has 0 unspecified atom stereocenters. The first-order valence-electron chi connectivity index (χ1n) is 7.75. The van der Waals surface area contributed by atoms with Gasteiger partial charge in [0.25, 0.3) is 0 Å². The summed E-state index contributed by atoms with van der Waals surface area (Å²) >= 11 is 0. The molecule has 1 N–H and O–H groups in total. The smallest absolute Gasteiger partial charge is 0.211 e. The molecule has 0 amide bonds. The normalized spacial score (nSPS) is 19.4. The summed E-state index contributed by atoms with van der Waals surface area (Å²) in [5.74, 6) is 0.239. The van der Waals surface area contributed by atoms with Crippen LogP contribution in [0.4, 0.5) is 0 Å². The summed E-state index contributed by atoms with van der Waals surface area (Å²) in [6.45, 7) is 14.2. The molecule has 0 aromatic heterocycles. The lowest BCUT2D eigenvalue weighted by Crippen LogP contribution is -2.58. The minimum Gasteiger partial charge on any atom is -0.301 e. The van der Waals surface area contributed by atoms with Gasteiger partial charge < -0.3 is 4.90 Å². The monoisotopic (exact) mass is 305 g/mol. The van der Waals surface area contributed by atoms with Crippen LogP contribution in [0, 0.1) is 0 Å². The van der Waals surface area contributed by atoms with Crippen LogP contribution in [0.15, 0.2) is 0 Å². The van der Waals surface area contributed by atoms with Crippen molar-refractivity contribution < 1.29 is 8.42 Å². The molecule has 0 aliphatic carbocycles. The van der Waals surface area contributed by atoms with Gasteiger partial charge >= 0.3 is 0 Å². The maximum Gasteiger partial charge on any atom is 0.211 e. The average Bonchev–Trinajstić information content (AvgIpc) is 2.43. The Bertz CT molecular complexity index is 374. The van der Waals surface area contributed by atoms with E-state index < -0.39 is 10.0 Å². The quantitative estimate of drug-likeness (QED) is 0.730. The van der Waals surface area contributed by atoms with Crippen molar-refractivity contribution in [2.24, 2.45) is 0 Å². The van der Waals surface area contributed by atoms with Gasteiger partial charge in [0.1, 0.15) is 0 Å². The molecule has 1 rings (SSSR count). The van der Waals surface area contributed by atoms with E-state index in [0.717, 1.165) is 45.6 Å². The van der Waals surface area contributed by atoms with E-state index in [2.05, 4.69) is 35.3 Å². The van der Waals surface area contributed by atoms with E-state index in [1.165, 1.54) is 0 Å². The van der Waals surface area contributed by atoms with Crippen LogP contribution in [0.1, 0.15) is 40.5 Å². The molecule has 120 valence electrons. The lowest BCUT2D eigenvalue weighted by molar-refractivity contribution is 0.0571. The van der Waals surface area contributed by atoms with Gasteiger partial charge in [0.15, 0.2) is 0 Å². The van der Waals surface area contributed by atoms with E-state index in [-0.39, 0.29) is 11.3 Å². The molecule has 0 aromatic rings. The summed E-state index contributed by atoms with van der Waals surface area (Å²) in [7, 11) is -3.12. The van der Waals surface area contributed by atoms with Crippen LogP contribution in [0.5, 0.6) is 0 Å². The van der Waals surface area contributed by atoms with Crippen molar-refractivity contribution in [2.45, 2.75) is 46.1 Å². The van der Waals surface area contributed by atoms with E-state index in [4.69, 9.17) is 0 Å². The minimum atomic E-state index is -3.12. The predicted molar refractivity (Wildman–Crippen MR) is 84.5 cm³/mol. The first-order valence-corrected chi connectivity index (χ1v) is 9.40. The molecular formula is C14H31N3O2S. The van der Waals surface area contributed by atoms with E-state index in [1.54, 1.807) is 0 Å². The van der Waals surface area contributed by atoms with Gasteiger partial charge in [0.05, 0.1) is 5.75 Å². The van der Waals surface area contributed by atoms with E-state index in [9.17, 15) is 8.42 Å². The number of hydrogen-bond donors (Lipinski definition) is 1. The number of piperazine rings is 1. The van der Waals surface area contributed by atoms with Gasteiger partial charge in [0.2, 0.25) is 10.0 Å². The van der Waals surface area contributed by atoms with E-state index in [1.807, 2.05) is 6.92 Å². The molecule has 0 radical (unpaired) electrons. The second-order valence-electron chi connectivity index (χ2n) is 6.23. The van der Waals surface area contributed by atoms with Crippen LogP contribution < -0.4 is 4.72 Å². The Hall–Kier alpha value is -0.170. The fourth-order valence-electron chi connectivity index (χ4n) is 2.47. The number of likely N-dealkylation sites (N-methyl/N-ethyl adjacent to an activating group) is 1. The summed E-state index contributed by atoms with van der Waals surface area (Å²) in [6.07, 6.45) is 1.63. The van der Waals surface area contributed by atoms with Crippen molar-refractivity contribution in [1.82, 2.24) is 14.5 Å². The van der Waals surface area contributed by atoms with Crippen LogP contribution in [0.2, 0.25) is 0 Å². The Balaban J connectivity index is 2.45. The van der Waals surface area contributed by atoms with Crippen molar-refractivity contribution in [2.75, 3.05) is 45.0 Å². The Morgan fingerprint density at radius 1 is 1.10 bits per heavy atom. The first kappa shape index (κ1) is 17.9. The highest BCUT2D eigenvalue weighted by atomic mass is 32.2. The number of unbranched alkanes of at least 4 members (excludes halogenated alkanes) is 1. The second kappa shape index (κ2) is 7.73.